The first-order valence-electron chi connectivity index (χ1n) is 9.25. The highest BCUT2D eigenvalue weighted by Crippen LogP contribution is 2.26. The number of aryl methyl sites for hydroxylation is 2. The Morgan fingerprint density at radius 2 is 1.96 bits per heavy atom. The molecule has 1 saturated heterocycles. The minimum Gasteiger partial charge on any atom is -0.381 e. The van der Waals surface area contributed by atoms with E-state index in [2.05, 4.69) is 30.4 Å². The number of benzene rings is 1. The standard InChI is InChI=1S/C20H29NO2/c1-2-19(21-20(22)13-15-9-11-23-12-10-15)18-8-7-16-5-3-4-6-17(16)14-18/h7-8,14-15,19H,2-6,9-13H2,1H3,(H,21,22). The Morgan fingerprint density at radius 1 is 1.22 bits per heavy atom. The number of hydrogen-bond donors (Lipinski definition) is 1. The number of ether oxygens (including phenoxy) is 1. The van der Waals surface area contributed by atoms with Crippen LogP contribution in [0.15, 0.2) is 18.2 Å². The zero-order chi connectivity index (χ0) is 16.1. The van der Waals surface area contributed by atoms with Crippen molar-refractivity contribution in [2.75, 3.05) is 13.2 Å². The van der Waals surface area contributed by atoms with E-state index in [1.165, 1.54) is 42.4 Å². The molecule has 1 N–H and O–H groups in total. The Kier molecular flexibility index (Phi) is 5.71. The highest BCUT2D eigenvalue weighted by molar-refractivity contribution is 5.76. The summed E-state index contributed by atoms with van der Waals surface area (Å²) >= 11 is 0. The summed E-state index contributed by atoms with van der Waals surface area (Å²) in [7, 11) is 0. The number of carbonyl (C=O) groups is 1. The van der Waals surface area contributed by atoms with Crippen LogP contribution in [0, 0.1) is 5.92 Å². The molecule has 1 atom stereocenters. The van der Waals surface area contributed by atoms with Gasteiger partial charge < -0.3 is 10.1 Å². The van der Waals surface area contributed by atoms with Gasteiger partial charge in [0.2, 0.25) is 5.91 Å². The molecular formula is C20H29NO2. The van der Waals surface area contributed by atoms with Gasteiger partial charge in [-0.25, -0.2) is 0 Å². The number of fused-ring (bicyclic) bond motifs is 1. The fourth-order valence-corrected chi connectivity index (χ4v) is 3.86. The number of nitrogens with one attached hydrogen (secondary N) is 1. The van der Waals surface area contributed by atoms with Crippen molar-refractivity contribution in [3.63, 3.8) is 0 Å². The molecule has 1 aliphatic heterocycles. The summed E-state index contributed by atoms with van der Waals surface area (Å²) in [6.45, 7) is 3.76. The highest BCUT2D eigenvalue weighted by atomic mass is 16.5. The van der Waals surface area contributed by atoms with Crippen LogP contribution in [0.4, 0.5) is 0 Å². The van der Waals surface area contributed by atoms with E-state index in [4.69, 9.17) is 4.74 Å². The molecule has 3 nitrogen and oxygen atoms in total. The quantitative estimate of drug-likeness (QED) is 0.893. The molecule has 0 bridgehead atoms. The van der Waals surface area contributed by atoms with Gasteiger partial charge in [0, 0.05) is 19.6 Å². The number of rotatable bonds is 5. The van der Waals surface area contributed by atoms with Gasteiger partial charge in [0.25, 0.3) is 0 Å². The molecule has 1 heterocycles. The summed E-state index contributed by atoms with van der Waals surface area (Å²) in [6.07, 6.45) is 8.63. The average molecular weight is 315 g/mol. The fourth-order valence-electron chi connectivity index (χ4n) is 3.86. The molecule has 126 valence electrons. The first-order valence-corrected chi connectivity index (χ1v) is 9.25. The van der Waals surface area contributed by atoms with Gasteiger partial charge in [0.1, 0.15) is 0 Å². The summed E-state index contributed by atoms with van der Waals surface area (Å²) in [5.74, 6) is 0.686. The SMILES string of the molecule is CCC(NC(=O)CC1CCOCC1)c1ccc2c(c1)CCCC2. The molecule has 1 unspecified atom stereocenters. The largest absolute Gasteiger partial charge is 0.381 e. The van der Waals surface area contributed by atoms with Gasteiger partial charge in [-0.2, -0.15) is 0 Å². The van der Waals surface area contributed by atoms with Crippen LogP contribution < -0.4 is 5.32 Å². The van der Waals surface area contributed by atoms with E-state index in [0.29, 0.717) is 12.3 Å². The second-order valence-corrected chi connectivity index (χ2v) is 7.02. The first-order chi connectivity index (χ1) is 11.3. The van der Waals surface area contributed by atoms with Gasteiger partial charge >= 0.3 is 0 Å². The predicted octanol–water partition coefficient (Wildman–Crippen LogP) is 3.95. The molecule has 1 aromatic carbocycles. The Labute approximate surface area is 139 Å². The Balaban J connectivity index is 1.61. The Morgan fingerprint density at radius 3 is 2.70 bits per heavy atom. The third kappa shape index (κ3) is 4.35. The lowest BCUT2D eigenvalue weighted by Gasteiger charge is -2.24. The maximum absolute atomic E-state index is 12.4. The van der Waals surface area contributed by atoms with Crippen molar-refractivity contribution in [1.82, 2.24) is 5.32 Å². The summed E-state index contributed by atoms with van der Waals surface area (Å²) in [5, 5.41) is 3.26. The fraction of sp³-hybridized carbons (Fsp3) is 0.650. The molecule has 1 fully saturated rings. The van der Waals surface area contributed by atoms with E-state index < -0.39 is 0 Å². The summed E-state index contributed by atoms with van der Waals surface area (Å²) < 4.78 is 5.37. The van der Waals surface area contributed by atoms with Crippen molar-refractivity contribution in [1.29, 1.82) is 0 Å². The van der Waals surface area contributed by atoms with Crippen molar-refractivity contribution in [2.45, 2.75) is 64.3 Å². The monoisotopic (exact) mass is 315 g/mol. The molecule has 0 aromatic heterocycles. The molecule has 1 aliphatic carbocycles. The summed E-state index contributed by atoms with van der Waals surface area (Å²) in [5.41, 5.74) is 4.27. The second-order valence-electron chi connectivity index (χ2n) is 7.02. The minimum absolute atomic E-state index is 0.148. The normalized spacial score (nSPS) is 19.9. The van der Waals surface area contributed by atoms with Crippen LogP contribution in [0.1, 0.15) is 68.2 Å². The van der Waals surface area contributed by atoms with Crippen LogP contribution >= 0.6 is 0 Å². The van der Waals surface area contributed by atoms with Crippen LogP contribution in [0.3, 0.4) is 0 Å². The maximum Gasteiger partial charge on any atom is 0.220 e. The lowest BCUT2D eigenvalue weighted by molar-refractivity contribution is -0.123. The van der Waals surface area contributed by atoms with Crippen LogP contribution in [0.5, 0.6) is 0 Å². The van der Waals surface area contributed by atoms with Crippen molar-refractivity contribution in [3.8, 4) is 0 Å². The van der Waals surface area contributed by atoms with Gasteiger partial charge in [-0.05, 0) is 67.6 Å². The molecule has 1 amide bonds. The Hall–Kier alpha value is -1.35. The zero-order valence-electron chi connectivity index (χ0n) is 14.3. The third-order valence-electron chi connectivity index (χ3n) is 5.33. The zero-order valence-corrected chi connectivity index (χ0v) is 14.3. The average Bonchev–Trinajstić information content (AvgIpc) is 2.60. The molecule has 23 heavy (non-hydrogen) atoms. The predicted molar refractivity (Wildman–Crippen MR) is 92.4 cm³/mol. The smallest absolute Gasteiger partial charge is 0.220 e. The van der Waals surface area contributed by atoms with Gasteiger partial charge in [0.15, 0.2) is 0 Å². The molecule has 0 spiro atoms. The molecule has 3 rings (SSSR count). The van der Waals surface area contributed by atoms with E-state index in [9.17, 15) is 4.79 Å². The van der Waals surface area contributed by atoms with Crippen molar-refractivity contribution >= 4 is 5.91 Å². The van der Waals surface area contributed by atoms with Crippen LogP contribution in [-0.4, -0.2) is 19.1 Å². The third-order valence-corrected chi connectivity index (χ3v) is 5.33. The summed E-state index contributed by atoms with van der Waals surface area (Å²) in [6, 6.07) is 6.97. The molecule has 3 heteroatoms. The second kappa shape index (κ2) is 7.96. The molecular weight excluding hydrogens is 286 g/mol. The van der Waals surface area contributed by atoms with Crippen LogP contribution in [0.2, 0.25) is 0 Å². The molecule has 1 aromatic rings. The first kappa shape index (κ1) is 16.5. The Bertz CT molecular complexity index is 534. The van der Waals surface area contributed by atoms with Crippen molar-refractivity contribution in [3.05, 3.63) is 34.9 Å². The topological polar surface area (TPSA) is 38.3 Å². The van der Waals surface area contributed by atoms with Gasteiger partial charge in [0.05, 0.1) is 6.04 Å². The van der Waals surface area contributed by atoms with E-state index in [-0.39, 0.29) is 11.9 Å². The maximum atomic E-state index is 12.4. The number of hydrogen-bond acceptors (Lipinski definition) is 2. The lowest BCUT2D eigenvalue weighted by atomic mass is 9.88. The van der Waals surface area contributed by atoms with E-state index in [1.807, 2.05) is 0 Å². The van der Waals surface area contributed by atoms with Crippen LogP contribution in [0.25, 0.3) is 0 Å². The molecule has 0 saturated carbocycles. The van der Waals surface area contributed by atoms with E-state index >= 15 is 0 Å². The highest BCUT2D eigenvalue weighted by Gasteiger charge is 2.20. The van der Waals surface area contributed by atoms with Crippen LogP contribution in [-0.2, 0) is 22.4 Å². The van der Waals surface area contributed by atoms with E-state index in [1.54, 1.807) is 0 Å². The van der Waals surface area contributed by atoms with E-state index in [0.717, 1.165) is 32.5 Å². The van der Waals surface area contributed by atoms with Gasteiger partial charge in [-0.15, -0.1) is 0 Å². The minimum atomic E-state index is 0.148. The summed E-state index contributed by atoms with van der Waals surface area (Å²) in [4.78, 5) is 12.4. The number of amides is 1. The van der Waals surface area contributed by atoms with Gasteiger partial charge in [-0.3, -0.25) is 4.79 Å². The van der Waals surface area contributed by atoms with Crippen molar-refractivity contribution in [2.24, 2.45) is 5.92 Å². The number of carbonyl (C=O) groups excluding carboxylic acids is 1. The molecule has 0 radical (unpaired) electrons. The molecule has 2 aliphatic rings. The van der Waals surface area contributed by atoms with Crippen molar-refractivity contribution < 1.29 is 9.53 Å². The van der Waals surface area contributed by atoms with Gasteiger partial charge in [-0.1, -0.05) is 25.1 Å². The lowest BCUT2D eigenvalue weighted by Crippen LogP contribution is -2.31.